The lowest BCUT2D eigenvalue weighted by Crippen LogP contribution is -2.07. The summed E-state index contributed by atoms with van der Waals surface area (Å²) < 4.78 is 1.85. The summed E-state index contributed by atoms with van der Waals surface area (Å²) in [6.45, 7) is 0. The molecule has 1 fully saturated rings. The molecule has 4 heteroatoms. The number of nitrogens with zero attached hydrogens (tertiary/aromatic N) is 2. The minimum absolute atomic E-state index is 0.548. The summed E-state index contributed by atoms with van der Waals surface area (Å²) in [5.74, 6) is 1.53. The molecule has 0 radical (unpaired) electrons. The van der Waals surface area contributed by atoms with Crippen LogP contribution in [0.25, 0.3) is 5.69 Å². The Hall–Kier alpha value is -1.97. The normalized spacial score (nSPS) is 15.0. The fraction of sp³-hybridized carbons (Fsp3) is 0.250. The summed E-state index contributed by atoms with van der Waals surface area (Å²) >= 11 is 0. The van der Waals surface area contributed by atoms with Crippen molar-refractivity contribution in [3.63, 3.8) is 0 Å². The van der Waals surface area contributed by atoms with Crippen molar-refractivity contribution in [2.24, 2.45) is 0 Å². The van der Waals surface area contributed by atoms with Gasteiger partial charge < -0.3 is 11.1 Å². The van der Waals surface area contributed by atoms with E-state index in [9.17, 15) is 0 Å². The van der Waals surface area contributed by atoms with Crippen LogP contribution in [-0.4, -0.2) is 15.8 Å². The molecule has 2 aromatic rings. The van der Waals surface area contributed by atoms with Crippen LogP contribution >= 0.6 is 0 Å². The maximum atomic E-state index is 5.74. The van der Waals surface area contributed by atoms with E-state index < -0.39 is 0 Å². The Morgan fingerprint density at radius 2 is 2.00 bits per heavy atom. The number of nitrogens with two attached hydrogens (primary N) is 1. The van der Waals surface area contributed by atoms with Crippen molar-refractivity contribution in [1.29, 1.82) is 0 Å². The number of rotatable bonds is 3. The van der Waals surface area contributed by atoms with E-state index in [1.165, 1.54) is 12.8 Å². The summed E-state index contributed by atoms with van der Waals surface area (Å²) in [6.07, 6.45) is 2.47. The Morgan fingerprint density at radius 3 is 2.69 bits per heavy atom. The molecule has 1 aromatic heterocycles. The Morgan fingerprint density at radius 1 is 1.25 bits per heavy atom. The molecule has 0 amide bonds. The number of nitrogen functional groups attached to an aromatic ring is 1. The largest absolute Gasteiger partial charge is 0.382 e. The summed E-state index contributed by atoms with van der Waals surface area (Å²) in [5, 5.41) is 7.72. The van der Waals surface area contributed by atoms with Crippen LogP contribution in [0.4, 0.5) is 11.6 Å². The van der Waals surface area contributed by atoms with Gasteiger partial charge in [0.2, 0.25) is 0 Å². The number of benzene rings is 1. The molecule has 0 atom stereocenters. The molecule has 16 heavy (non-hydrogen) atoms. The molecule has 0 bridgehead atoms. The molecule has 1 aliphatic carbocycles. The first-order valence-electron chi connectivity index (χ1n) is 5.50. The standard InChI is InChI=1S/C12H14N4/c13-11-8-12(14-9-6-7-9)16(15-11)10-4-2-1-3-5-10/h1-5,8-9,14H,6-7H2,(H2,13,15). The molecular weight excluding hydrogens is 200 g/mol. The average Bonchev–Trinajstić information content (AvgIpc) is 3.03. The van der Waals surface area contributed by atoms with E-state index in [4.69, 9.17) is 5.73 Å². The van der Waals surface area contributed by atoms with Gasteiger partial charge in [-0.1, -0.05) is 18.2 Å². The van der Waals surface area contributed by atoms with Gasteiger partial charge >= 0.3 is 0 Å². The van der Waals surface area contributed by atoms with E-state index in [1.54, 1.807) is 0 Å². The van der Waals surface area contributed by atoms with Gasteiger partial charge in [-0.3, -0.25) is 0 Å². The highest BCUT2D eigenvalue weighted by atomic mass is 15.4. The smallest absolute Gasteiger partial charge is 0.148 e. The predicted octanol–water partition coefficient (Wildman–Crippen LogP) is 2.03. The summed E-state index contributed by atoms with van der Waals surface area (Å²) in [5.41, 5.74) is 6.77. The highest BCUT2D eigenvalue weighted by Gasteiger charge is 2.22. The molecule has 0 unspecified atom stereocenters. The molecule has 1 aliphatic rings. The third-order valence-electron chi connectivity index (χ3n) is 2.66. The summed E-state index contributed by atoms with van der Waals surface area (Å²) in [4.78, 5) is 0. The first-order chi connectivity index (χ1) is 7.83. The lowest BCUT2D eigenvalue weighted by atomic mass is 10.3. The lowest BCUT2D eigenvalue weighted by Gasteiger charge is -2.08. The van der Waals surface area contributed by atoms with Gasteiger partial charge in [0.25, 0.3) is 0 Å². The van der Waals surface area contributed by atoms with Crippen molar-refractivity contribution in [3.05, 3.63) is 36.4 Å². The Balaban J connectivity index is 1.98. The number of anilines is 2. The van der Waals surface area contributed by atoms with Gasteiger partial charge in [0.1, 0.15) is 11.6 Å². The van der Waals surface area contributed by atoms with Crippen LogP contribution < -0.4 is 11.1 Å². The van der Waals surface area contributed by atoms with Crippen LogP contribution in [0.1, 0.15) is 12.8 Å². The third kappa shape index (κ3) is 1.74. The zero-order valence-electron chi connectivity index (χ0n) is 8.93. The molecule has 1 saturated carbocycles. The molecule has 0 aliphatic heterocycles. The zero-order chi connectivity index (χ0) is 11.0. The van der Waals surface area contributed by atoms with E-state index in [-0.39, 0.29) is 0 Å². The van der Waals surface area contributed by atoms with E-state index in [0.29, 0.717) is 11.9 Å². The second-order valence-electron chi connectivity index (χ2n) is 4.12. The fourth-order valence-electron chi connectivity index (χ4n) is 1.71. The number of aromatic nitrogens is 2. The van der Waals surface area contributed by atoms with Crippen LogP contribution in [0, 0.1) is 0 Å². The molecule has 0 spiro atoms. The van der Waals surface area contributed by atoms with Crippen molar-refractivity contribution < 1.29 is 0 Å². The zero-order valence-corrected chi connectivity index (χ0v) is 8.93. The fourth-order valence-corrected chi connectivity index (χ4v) is 1.71. The van der Waals surface area contributed by atoms with Crippen LogP contribution in [0.15, 0.2) is 36.4 Å². The minimum atomic E-state index is 0.548. The molecular formula is C12H14N4. The SMILES string of the molecule is Nc1cc(NC2CC2)n(-c2ccccc2)n1. The third-order valence-corrected chi connectivity index (χ3v) is 2.66. The maximum absolute atomic E-state index is 5.74. The van der Waals surface area contributed by atoms with Crippen LogP contribution in [-0.2, 0) is 0 Å². The quantitative estimate of drug-likeness (QED) is 0.822. The second-order valence-corrected chi connectivity index (χ2v) is 4.12. The highest BCUT2D eigenvalue weighted by molar-refractivity contribution is 5.52. The van der Waals surface area contributed by atoms with Gasteiger partial charge in [-0.15, -0.1) is 5.10 Å². The number of hydrogen-bond donors (Lipinski definition) is 2. The van der Waals surface area contributed by atoms with Crippen molar-refractivity contribution in [3.8, 4) is 5.69 Å². The van der Waals surface area contributed by atoms with Crippen molar-refractivity contribution in [2.75, 3.05) is 11.1 Å². The van der Waals surface area contributed by atoms with E-state index >= 15 is 0 Å². The maximum Gasteiger partial charge on any atom is 0.148 e. The van der Waals surface area contributed by atoms with Crippen LogP contribution in [0.5, 0.6) is 0 Å². The van der Waals surface area contributed by atoms with E-state index in [0.717, 1.165) is 11.5 Å². The van der Waals surface area contributed by atoms with Crippen molar-refractivity contribution in [1.82, 2.24) is 9.78 Å². The molecule has 1 aromatic carbocycles. The molecule has 82 valence electrons. The molecule has 1 heterocycles. The Kier molecular flexibility index (Phi) is 2.06. The predicted molar refractivity (Wildman–Crippen MR) is 64.6 cm³/mol. The topological polar surface area (TPSA) is 55.9 Å². The lowest BCUT2D eigenvalue weighted by molar-refractivity contribution is 0.879. The molecule has 4 nitrogen and oxygen atoms in total. The van der Waals surface area contributed by atoms with Gasteiger partial charge in [0.15, 0.2) is 0 Å². The number of para-hydroxylation sites is 1. The van der Waals surface area contributed by atoms with Crippen molar-refractivity contribution in [2.45, 2.75) is 18.9 Å². The Bertz CT molecular complexity index is 485. The van der Waals surface area contributed by atoms with Crippen molar-refractivity contribution >= 4 is 11.6 Å². The minimum Gasteiger partial charge on any atom is -0.382 e. The molecule has 3 rings (SSSR count). The summed E-state index contributed by atoms with van der Waals surface area (Å²) in [7, 11) is 0. The van der Waals surface area contributed by atoms with Crippen LogP contribution in [0.2, 0.25) is 0 Å². The van der Waals surface area contributed by atoms with Gasteiger partial charge in [-0.25, -0.2) is 4.68 Å². The van der Waals surface area contributed by atoms with Gasteiger partial charge in [-0.2, -0.15) is 0 Å². The first kappa shape index (κ1) is 9.27. The average molecular weight is 214 g/mol. The highest BCUT2D eigenvalue weighted by Crippen LogP contribution is 2.27. The summed E-state index contributed by atoms with van der Waals surface area (Å²) in [6, 6.07) is 12.5. The molecule has 0 saturated heterocycles. The van der Waals surface area contributed by atoms with Crippen LogP contribution in [0.3, 0.4) is 0 Å². The van der Waals surface area contributed by atoms with E-state index in [2.05, 4.69) is 10.4 Å². The monoisotopic (exact) mass is 214 g/mol. The molecule has 3 N–H and O–H groups in total. The first-order valence-corrected chi connectivity index (χ1v) is 5.50. The van der Waals surface area contributed by atoms with E-state index in [1.807, 2.05) is 41.1 Å². The van der Waals surface area contributed by atoms with Gasteiger partial charge in [0, 0.05) is 12.1 Å². The van der Waals surface area contributed by atoms with Gasteiger partial charge in [-0.05, 0) is 25.0 Å². The second kappa shape index (κ2) is 3.56. The number of nitrogens with one attached hydrogen (secondary N) is 1. The van der Waals surface area contributed by atoms with Gasteiger partial charge in [0.05, 0.1) is 5.69 Å². The Labute approximate surface area is 94.1 Å². The number of hydrogen-bond acceptors (Lipinski definition) is 3.